The summed E-state index contributed by atoms with van der Waals surface area (Å²) in [7, 11) is -2.32. The predicted molar refractivity (Wildman–Crippen MR) is 105 cm³/mol. The van der Waals surface area contributed by atoms with Gasteiger partial charge in [-0.15, -0.1) is 0 Å². The first-order valence-corrected chi connectivity index (χ1v) is 10.2. The SMILES string of the molecule is CCOC(=O)Nc1cc(S(=O)(=O)NCc2ccccc2OC)ccc1OCC. The molecule has 0 unspecified atom stereocenters. The van der Waals surface area contributed by atoms with Crippen molar-refractivity contribution in [1.82, 2.24) is 4.72 Å². The second kappa shape index (κ2) is 9.95. The molecule has 152 valence electrons. The molecule has 0 saturated carbocycles. The number of hydrogen-bond donors (Lipinski definition) is 2. The van der Waals surface area contributed by atoms with Gasteiger partial charge in [0.15, 0.2) is 0 Å². The van der Waals surface area contributed by atoms with Crippen LogP contribution in [-0.2, 0) is 21.3 Å². The molecule has 28 heavy (non-hydrogen) atoms. The Morgan fingerprint density at radius 3 is 2.46 bits per heavy atom. The summed E-state index contributed by atoms with van der Waals surface area (Å²) in [5.74, 6) is 0.931. The van der Waals surface area contributed by atoms with Gasteiger partial charge in [0.05, 0.1) is 30.9 Å². The fourth-order valence-electron chi connectivity index (χ4n) is 2.44. The molecular weight excluding hydrogens is 384 g/mol. The van der Waals surface area contributed by atoms with E-state index in [1.165, 1.54) is 25.3 Å². The van der Waals surface area contributed by atoms with Crippen LogP contribution in [0.2, 0.25) is 0 Å². The summed E-state index contributed by atoms with van der Waals surface area (Å²) >= 11 is 0. The maximum atomic E-state index is 12.7. The monoisotopic (exact) mass is 408 g/mol. The fourth-order valence-corrected chi connectivity index (χ4v) is 3.47. The third kappa shape index (κ3) is 5.61. The van der Waals surface area contributed by atoms with E-state index in [1.54, 1.807) is 38.1 Å². The van der Waals surface area contributed by atoms with Gasteiger partial charge in [0.1, 0.15) is 11.5 Å². The van der Waals surface area contributed by atoms with Gasteiger partial charge in [-0.1, -0.05) is 18.2 Å². The largest absolute Gasteiger partial charge is 0.496 e. The Balaban J connectivity index is 2.25. The van der Waals surface area contributed by atoms with E-state index in [1.807, 2.05) is 0 Å². The quantitative estimate of drug-likeness (QED) is 0.661. The molecule has 0 aliphatic carbocycles. The molecule has 0 atom stereocenters. The Morgan fingerprint density at radius 2 is 1.79 bits per heavy atom. The van der Waals surface area contributed by atoms with Crippen LogP contribution in [0.3, 0.4) is 0 Å². The second-order valence-corrected chi connectivity index (χ2v) is 7.34. The van der Waals surface area contributed by atoms with E-state index in [2.05, 4.69) is 10.0 Å². The van der Waals surface area contributed by atoms with Crippen LogP contribution in [0.15, 0.2) is 47.4 Å². The summed E-state index contributed by atoms with van der Waals surface area (Å²) in [6.07, 6.45) is -0.694. The number of rotatable bonds is 9. The molecule has 0 bridgehead atoms. The van der Waals surface area contributed by atoms with Crippen molar-refractivity contribution in [2.45, 2.75) is 25.3 Å². The van der Waals surface area contributed by atoms with Gasteiger partial charge in [-0.25, -0.2) is 17.9 Å². The van der Waals surface area contributed by atoms with Crippen molar-refractivity contribution in [1.29, 1.82) is 0 Å². The number of carbonyl (C=O) groups excluding carboxylic acids is 1. The number of carbonyl (C=O) groups is 1. The highest BCUT2D eigenvalue weighted by Gasteiger charge is 2.18. The third-order valence-electron chi connectivity index (χ3n) is 3.72. The molecule has 0 aliphatic heterocycles. The Bertz CT molecular complexity index is 914. The van der Waals surface area contributed by atoms with Gasteiger partial charge in [0, 0.05) is 12.1 Å². The summed E-state index contributed by atoms with van der Waals surface area (Å²) in [4.78, 5) is 11.7. The van der Waals surface area contributed by atoms with Gasteiger partial charge in [-0.05, 0) is 38.1 Å². The van der Waals surface area contributed by atoms with Crippen molar-refractivity contribution in [2.75, 3.05) is 25.6 Å². The molecule has 0 saturated heterocycles. The molecule has 0 radical (unpaired) electrons. The normalized spacial score (nSPS) is 11.0. The summed E-state index contributed by atoms with van der Waals surface area (Å²) in [6, 6.07) is 11.3. The van der Waals surface area contributed by atoms with Gasteiger partial charge in [-0.2, -0.15) is 0 Å². The molecule has 2 N–H and O–H groups in total. The number of methoxy groups -OCH3 is 1. The summed E-state index contributed by atoms with van der Waals surface area (Å²) in [5.41, 5.74) is 0.907. The van der Waals surface area contributed by atoms with Crippen LogP contribution in [0, 0.1) is 0 Å². The Kier molecular flexibility index (Phi) is 7.65. The van der Waals surface area contributed by atoms with E-state index in [0.29, 0.717) is 23.7 Å². The Hall–Kier alpha value is -2.78. The summed E-state index contributed by atoms with van der Waals surface area (Å²) in [6.45, 7) is 4.06. The Morgan fingerprint density at radius 1 is 1.04 bits per heavy atom. The number of amides is 1. The number of anilines is 1. The lowest BCUT2D eigenvalue weighted by atomic mass is 10.2. The van der Waals surface area contributed by atoms with E-state index >= 15 is 0 Å². The lowest BCUT2D eigenvalue weighted by Crippen LogP contribution is -2.24. The number of hydrogen-bond acceptors (Lipinski definition) is 6. The fraction of sp³-hybridized carbons (Fsp3) is 0.316. The minimum absolute atomic E-state index is 0.0161. The molecule has 2 aromatic rings. The van der Waals surface area contributed by atoms with Crippen LogP contribution in [0.5, 0.6) is 11.5 Å². The van der Waals surface area contributed by atoms with E-state index in [0.717, 1.165) is 0 Å². The van der Waals surface area contributed by atoms with E-state index < -0.39 is 16.1 Å². The van der Waals surface area contributed by atoms with Gasteiger partial charge < -0.3 is 14.2 Å². The zero-order valence-corrected chi connectivity index (χ0v) is 16.8. The lowest BCUT2D eigenvalue weighted by Gasteiger charge is -2.14. The van der Waals surface area contributed by atoms with Crippen molar-refractivity contribution in [2.24, 2.45) is 0 Å². The van der Waals surface area contributed by atoms with E-state index in [-0.39, 0.29) is 23.7 Å². The molecule has 8 nitrogen and oxygen atoms in total. The first-order valence-electron chi connectivity index (χ1n) is 8.73. The standard InChI is InChI=1S/C19H24N2O6S/c1-4-26-18-11-10-15(12-16(18)21-19(22)27-5-2)28(23,24)20-13-14-8-6-7-9-17(14)25-3/h6-12,20H,4-5,13H2,1-3H3,(H,21,22). The number of ether oxygens (including phenoxy) is 3. The van der Waals surface area contributed by atoms with Crippen molar-refractivity contribution >= 4 is 21.8 Å². The number of para-hydroxylation sites is 1. The van der Waals surface area contributed by atoms with Crippen LogP contribution in [0.25, 0.3) is 0 Å². The van der Waals surface area contributed by atoms with Crippen molar-refractivity contribution < 1.29 is 27.4 Å². The molecule has 2 rings (SSSR count). The average Bonchev–Trinajstić information content (AvgIpc) is 2.68. The highest BCUT2D eigenvalue weighted by molar-refractivity contribution is 7.89. The van der Waals surface area contributed by atoms with Crippen LogP contribution >= 0.6 is 0 Å². The van der Waals surface area contributed by atoms with E-state index in [4.69, 9.17) is 14.2 Å². The van der Waals surface area contributed by atoms with Gasteiger partial charge >= 0.3 is 6.09 Å². The highest BCUT2D eigenvalue weighted by Crippen LogP contribution is 2.28. The summed E-state index contributed by atoms with van der Waals surface area (Å²) in [5, 5.41) is 2.50. The lowest BCUT2D eigenvalue weighted by molar-refractivity contribution is 0.167. The molecule has 0 heterocycles. The van der Waals surface area contributed by atoms with Crippen molar-refractivity contribution in [3.8, 4) is 11.5 Å². The molecular formula is C19H24N2O6S. The van der Waals surface area contributed by atoms with Gasteiger partial charge in [-0.3, -0.25) is 5.32 Å². The smallest absolute Gasteiger partial charge is 0.411 e. The molecule has 2 aromatic carbocycles. The molecule has 0 aromatic heterocycles. The van der Waals surface area contributed by atoms with Gasteiger partial charge in [0.2, 0.25) is 10.0 Å². The minimum Gasteiger partial charge on any atom is -0.496 e. The first kappa shape index (κ1) is 21.5. The maximum absolute atomic E-state index is 12.7. The predicted octanol–water partition coefficient (Wildman–Crippen LogP) is 3.14. The molecule has 0 aliphatic rings. The van der Waals surface area contributed by atoms with Crippen molar-refractivity contribution in [3.05, 3.63) is 48.0 Å². The number of sulfonamides is 1. The van der Waals surface area contributed by atoms with Crippen LogP contribution in [-0.4, -0.2) is 34.8 Å². The zero-order chi connectivity index (χ0) is 20.6. The average molecular weight is 408 g/mol. The third-order valence-corrected chi connectivity index (χ3v) is 5.12. The van der Waals surface area contributed by atoms with Crippen LogP contribution in [0.4, 0.5) is 10.5 Å². The van der Waals surface area contributed by atoms with Crippen LogP contribution in [0.1, 0.15) is 19.4 Å². The molecule has 0 fully saturated rings. The Labute approximate surface area is 164 Å². The topological polar surface area (TPSA) is 103 Å². The zero-order valence-electron chi connectivity index (χ0n) is 16.0. The highest BCUT2D eigenvalue weighted by atomic mass is 32.2. The second-order valence-electron chi connectivity index (χ2n) is 5.57. The molecule has 0 spiro atoms. The first-order chi connectivity index (χ1) is 13.4. The van der Waals surface area contributed by atoms with Crippen LogP contribution < -0.4 is 19.5 Å². The van der Waals surface area contributed by atoms with Crippen molar-refractivity contribution in [3.63, 3.8) is 0 Å². The van der Waals surface area contributed by atoms with Gasteiger partial charge in [0.25, 0.3) is 0 Å². The molecule has 1 amide bonds. The number of benzene rings is 2. The number of nitrogens with one attached hydrogen (secondary N) is 2. The van der Waals surface area contributed by atoms with E-state index in [9.17, 15) is 13.2 Å². The molecule has 9 heteroatoms. The minimum atomic E-state index is -3.84. The summed E-state index contributed by atoms with van der Waals surface area (Å²) < 4.78 is 43.5. The maximum Gasteiger partial charge on any atom is 0.411 e.